The predicted molar refractivity (Wildman–Crippen MR) is 90.5 cm³/mol. The Morgan fingerprint density at radius 1 is 1.04 bits per heavy atom. The van der Waals surface area contributed by atoms with Crippen molar-refractivity contribution >= 4 is 40.9 Å². The molecule has 1 aromatic rings. The van der Waals surface area contributed by atoms with Crippen molar-refractivity contribution in [3.8, 4) is 0 Å². The summed E-state index contributed by atoms with van der Waals surface area (Å²) in [5, 5.41) is 1.48. The van der Waals surface area contributed by atoms with E-state index < -0.39 is 5.91 Å². The van der Waals surface area contributed by atoms with Crippen molar-refractivity contribution in [2.24, 2.45) is 35.5 Å². The highest BCUT2D eigenvalue weighted by Gasteiger charge is 2.67. The first-order valence-electron chi connectivity index (χ1n) is 8.29. The molecular formula is C18H14Cl2N2O3. The topological polar surface area (TPSA) is 66.5 Å². The first-order chi connectivity index (χ1) is 12.0. The van der Waals surface area contributed by atoms with Gasteiger partial charge in [0.05, 0.1) is 22.4 Å². The number of benzene rings is 1. The molecule has 5 aliphatic rings. The molecular weight excluding hydrogens is 363 g/mol. The summed E-state index contributed by atoms with van der Waals surface area (Å²) in [5.41, 5.74) is 2.62. The molecule has 1 aromatic carbocycles. The van der Waals surface area contributed by atoms with E-state index in [9.17, 15) is 14.4 Å². The fraction of sp³-hybridized carbons (Fsp3) is 0.389. The van der Waals surface area contributed by atoms with Gasteiger partial charge >= 0.3 is 0 Å². The van der Waals surface area contributed by atoms with E-state index in [2.05, 4.69) is 17.6 Å². The zero-order valence-corrected chi connectivity index (χ0v) is 14.5. The van der Waals surface area contributed by atoms with Gasteiger partial charge in [-0.25, -0.2) is 0 Å². The first kappa shape index (κ1) is 15.4. The molecule has 1 heterocycles. The maximum absolute atomic E-state index is 12.8. The molecule has 2 saturated carbocycles. The Balaban J connectivity index is 1.42. The largest absolute Gasteiger partial charge is 0.272 e. The summed E-state index contributed by atoms with van der Waals surface area (Å²) < 4.78 is 0. The third-order valence-electron chi connectivity index (χ3n) is 6.05. The number of nitrogens with zero attached hydrogens (tertiary/aromatic N) is 1. The van der Waals surface area contributed by atoms with Crippen LogP contribution in [0.4, 0.5) is 0 Å². The van der Waals surface area contributed by atoms with Crippen molar-refractivity contribution in [1.29, 1.82) is 0 Å². The summed E-state index contributed by atoms with van der Waals surface area (Å²) in [6.45, 7) is 0. The zero-order valence-electron chi connectivity index (χ0n) is 13.0. The van der Waals surface area contributed by atoms with E-state index in [0.29, 0.717) is 16.9 Å². The third kappa shape index (κ3) is 2.06. The zero-order chi connectivity index (χ0) is 17.5. The van der Waals surface area contributed by atoms with Crippen molar-refractivity contribution in [1.82, 2.24) is 10.4 Å². The Bertz CT molecular complexity index is 832. The van der Waals surface area contributed by atoms with Gasteiger partial charge in [0.1, 0.15) is 0 Å². The van der Waals surface area contributed by atoms with Gasteiger partial charge < -0.3 is 0 Å². The van der Waals surface area contributed by atoms with Crippen LogP contribution in [-0.2, 0) is 9.59 Å². The molecule has 0 radical (unpaired) electrons. The minimum Gasteiger partial charge on any atom is -0.272 e. The van der Waals surface area contributed by atoms with Crippen LogP contribution in [0.5, 0.6) is 0 Å². The summed E-state index contributed by atoms with van der Waals surface area (Å²) in [7, 11) is 0. The SMILES string of the molecule is O=C(NN1C(=O)[C@@H]2[C@H]3C=C[C@@H]([C@@H]4C[C@H]34)[C@H]2C1=O)c1ccc(Cl)cc1Cl. The van der Waals surface area contributed by atoms with Crippen LogP contribution in [-0.4, -0.2) is 22.7 Å². The van der Waals surface area contributed by atoms with E-state index in [1.54, 1.807) is 0 Å². The van der Waals surface area contributed by atoms with Crippen molar-refractivity contribution in [2.45, 2.75) is 6.42 Å². The number of hydrogen-bond donors (Lipinski definition) is 1. The molecule has 6 rings (SSSR count). The van der Waals surface area contributed by atoms with Gasteiger partial charge in [-0.2, -0.15) is 5.01 Å². The highest BCUT2D eigenvalue weighted by Crippen LogP contribution is 2.65. The predicted octanol–water partition coefficient (Wildman–Crippen LogP) is 2.69. The second-order valence-corrected chi connectivity index (χ2v) is 8.08. The maximum atomic E-state index is 12.8. The van der Waals surface area contributed by atoms with Crippen LogP contribution in [0.2, 0.25) is 10.0 Å². The Labute approximate surface area is 153 Å². The molecule has 1 N–H and O–H groups in total. The van der Waals surface area contributed by atoms with Crippen LogP contribution in [0.25, 0.3) is 0 Å². The lowest BCUT2D eigenvalue weighted by Crippen LogP contribution is -2.47. The van der Waals surface area contributed by atoms with Gasteiger partial charge in [-0.05, 0) is 48.3 Å². The third-order valence-corrected chi connectivity index (χ3v) is 6.60. The Hall–Kier alpha value is -1.85. The van der Waals surface area contributed by atoms with E-state index in [1.165, 1.54) is 18.2 Å². The van der Waals surface area contributed by atoms with Crippen LogP contribution in [0.15, 0.2) is 30.4 Å². The van der Waals surface area contributed by atoms with Gasteiger partial charge in [0.25, 0.3) is 17.7 Å². The lowest BCUT2D eigenvalue weighted by Gasteiger charge is -2.37. The van der Waals surface area contributed by atoms with Crippen molar-refractivity contribution in [2.75, 3.05) is 0 Å². The molecule has 3 amide bonds. The number of nitrogens with one attached hydrogen (secondary N) is 1. The number of hydrogen-bond acceptors (Lipinski definition) is 3. The van der Waals surface area contributed by atoms with Gasteiger partial charge in [0.2, 0.25) is 0 Å². The lowest BCUT2D eigenvalue weighted by molar-refractivity contribution is -0.143. The monoisotopic (exact) mass is 376 g/mol. The second kappa shape index (κ2) is 5.08. The Morgan fingerprint density at radius 3 is 2.20 bits per heavy atom. The van der Waals surface area contributed by atoms with Crippen LogP contribution in [0, 0.1) is 35.5 Å². The number of rotatable bonds is 2. The van der Waals surface area contributed by atoms with Gasteiger partial charge in [-0.1, -0.05) is 35.4 Å². The highest BCUT2D eigenvalue weighted by molar-refractivity contribution is 6.36. The molecule has 1 saturated heterocycles. The van der Waals surface area contributed by atoms with Gasteiger partial charge in [-0.3, -0.25) is 19.8 Å². The molecule has 25 heavy (non-hydrogen) atoms. The molecule has 2 bridgehead atoms. The molecule has 3 fully saturated rings. The number of imide groups is 1. The van der Waals surface area contributed by atoms with E-state index in [-0.39, 0.29) is 46.1 Å². The minimum atomic E-state index is -0.590. The number of carbonyl (C=O) groups excluding carboxylic acids is 3. The van der Waals surface area contributed by atoms with Crippen molar-refractivity contribution in [3.63, 3.8) is 0 Å². The van der Waals surface area contributed by atoms with Crippen molar-refractivity contribution < 1.29 is 14.4 Å². The minimum absolute atomic E-state index is 0.123. The van der Waals surface area contributed by atoms with Crippen molar-refractivity contribution in [3.05, 3.63) is 46.0 Å². The van der Waals surface area contributed by atoms with E-state index in [1.807, 2.05) is 0 Å². The van der Waals surface area contributed by atoms with E-state index in [0.717, 1.165) is 11.4 Å². The molecule has 0 unspecified atom stereocenters. The van der Waals surface area contributed by atoms with E-state index >= 15 is 0 Å². The summed E-state index contributed by atoms with van der Waals surface area (Å²) in [6, 6.07) is 4.45. The fourth-order valence-corrected chi connectivity index (χ4v) is 5.40. The average Bonchev–Trinajstić information content (AvgIpc) is 3.36. The maximum Gasteiger partial charge on any atom is 0.271 e. The number of hydrazine groups is 1. The molecule has 5 nitrogen and oxygen atoms in total. The molecule has 7 heteroatoms. The molecule has 4 aliphatic carbocycles. The van der Waals surface area contributed by atoms with Crippen LogP contribution in [0.1, 0.15) is 16.8 Å². The quantitative estimate of drug-likeness (QED) is 0.637. The number of halogens is 2. The average molecular weight is 377 g/mol. The lowest BCUT2D eigenvalue weighted by atomic mass is 9.63. The summed E-state index contributed by atoms with van der Waals surface area (Å²) >= 11 is 11.9. The Kier molecular flexibility index (Phi) is 3.13. The van der Waals surface area contributed by atoms with Crippen LogP contribution < -0.4 is 5.43 Å². The number of carbonyl (C=O) groups is 3. The highest BCUT2D eigenvalue weighted by atomic mass is 35.5. The molecule has 1 aliphatic heterocycles. The fourth-order valence-electron chi connectivity index (χ4n) is 4.90. The number of allylic oxidation sites excluding steroid dienone is 2. The summed E-state index contributed by atoms with van der Waals surface area (Å²) in [6.07, 6.45) is 5.28. The smallest absolute Gasteiger partial charge is 0.271 e. The normalized spacial score (nSPS) is 37.1. The second-order valence-electron chi connectivity index (χ2n) is 7.23. The van der Waals surface area contributed by atoms with Gasteiger partial charge in [-0.15, -0.1) is 0 Å². The molecule has 0 aromatic heterocycles. The Morgan fingerprint density at radius 2 is 1.64 bits per heavy atom. The molecule has 128 valence electrons. The summed E-state index contributed by atoms with van der Waals surface area (Å²) in [5.74, 6) is -0.595. The van der Waals surface area contributed by atoms with Crippen LogP contribution in [0.3, 0.4) is 0 Å². The molecule has 6 atom stereocenters. The van der Waals surface area contributed by atoms with E-state index in [4.69, 9.17) is 23.2 Å². The standard InChI is InChI=1S/C18H14Cl2N2O3/c19-7-1-2-10(13(20)5-7)16(23)21-22-17(24)14-8-3-4-9(12-6-11(8)12)15(14)18(22)25/h1-5,8-9,11-12,14-15H,6H2,(H,21,23)/t8-,9-,11-,12+,14+,15+/m0/s1. The first-order valence-corrected chi connectivity index (χ1v) is 9.05. The summed E-state index contributed by atoms with van der Waals surface area (Å²) in [4.78, 5) is 38.1. The van der Waals surface area contributed by atoms with Gasteiger partial charge in [0, 0.05) is 5.02 Å². The molecule has 0 spiro atoms. The van der Waals surface area contributed by atoms with Crippen LogP contribution >= 0.6 is 23.2 Å². The number of amides is 3. The van der Waals surface area contributed by atoms with Gasteiger partial charge in [0.15, 0.2) is 0 Å².